The van der Waals surface area contributed by atoms with E-state index in [1.165, 1.54) is 0 Å². The zero-order valence-corrected chi connectivity index (χ0v) is 23.8. The maximum atomic E-state index is 13.5. The lowest BCUT2D eigenvalue weighted by atomic mass is 10.1. The minimum Gasteiger partial charge on any atom is -0.436 e. The fourth-order valence-corrected chi connectivity index (χ4v) is 6.94. The number of amides is 1. The van der Waals surface area contributed by atoms with Crippen LogP contribution >= 0.6 is 0 Å². The van der Waals surface area contributed by atoms with E-state index in [1.807, 2.05) is 81.4 Å². The number of alkyl carbamates (subject to hydrolysis) is 1. The summed E-state index contributed by atoms with van der Waals surface area (Å²) in [6, 6.07) is 22.6. The molecule has 0 bridgehead atoms. The molecule has 1 aliphatic rings. The van der Waals surface area contributed by atoms with Crippen LogP contribution < -0.4 is 11.1 Å². The first kappa shape index (κ1) is 28.8. The van der Waals surface area contributed by atoms with E-state index in [9.17, 15) is 13.2 Å². The van der Waals surface area contributed by atoms with Crippen molar-refractivity contribution in [2.45, 2.75) is 57.1 Å². The van der Waals surface area contributed by atoms with Crippen molar-refractivity contribution in [3.63, 3.8) is 0 Å². The second-order valence-corrected chi connectivity index (χ2v) is 12.4. The van der Waals surface area contributed by atoms with Crippen LogP contribution in [0.3, 0.4) is 0 Å². The van der Waals surface area contributed by atoms with Gasteiger partial charge in [0.1, 0.15) is 0 Å². The van der Waals surface area contributed by atoms with E-state index < -0.39 is 22.2 Å². The maximum Gasteiger partial charge on any atom is 0.408 e. The summed E-state index contributed by atoms with van der Waals surface area (Å²) in [5, 5.41) is 2.86. The first-order valence-corrected chi connectivity index (χ1v) is 15.1. The van der Waals surface area contributed by atoms with Crippen molar-refractivity contribution in [1.82, 2.24) is 9.62 Å². The summed E-state index contributed by atoms with van der Waals surface area (Å²) in [5.41, 5.74) is 11.2. The fourth-order valence-electron chi connectivity index (χ4n) is 5.11. The lowest BCUT2D eigenvalue weighted by Crippen LogP contribution is -2.46. The van der Waals surface area contributed by atoms with Crippen LogP contribution in [0.15, 0.2) is 77.7 Å². The van der Waals surface area contributed by atoms with Crippen LogP contribution in [-0.4, -0.2) is 44.5 Å². The number of sulfonamides is 1. The van der Waals surface area contributed by atoms with E-state index >= 15 is 0 Å². The molecule has 1 atom stereocenters. The van der Waals surface area contributed by atoms with E-state index in [4.69, 9.17) is 10.5 Å². The first-order chi connectivity index (χ1) is 18.7. The Balaban J connectivity index is 1.31. The molecule has 1 aliphatic carbocycles. The number of benzene rings is 3. The van der Waals surface area contributed by atoms with Gasteiger partial charge in [-0.15, -0.1) is 0 Å². The average molecular weight is 550 g/mol. The number of hydrogen-bond donors (Lipinski definition) is 2. The number of rotatable bonds is 12. The Morgan fingerprint density at radius 3 is 2.10 bits per heavy atom. The number of carbonyl (C=O) groups is 1. The number of nitrogens with one attached hydrogen (secondary N) is 1. The van der Waals surface area contributed by atoms with Crippen molar-refractivity contribution < 1.29 is 17.9 Å². The number of aryl methyl sites for hydroxylation is 1. The summed E-state index contributed by atoms with van der Waals surface area (Å²) in [6.45, 7) is 6.99. The molecule has 39 heavy (non-hydrogen) atoms. The van der Waals surface area contributed by atoms with E-state index in [2.05, 4.69) is 5.32 Å². The van der Waals surface area contributed by atoms with Gasteiger partial charge in [-0.3, -0.25) is 0 Å². The van der Waals surface area contributed by atoms with Gasteiger partial charge in [0.05, 0.1) is 4.90 Å². The standard InChI is InChI=1S/C31H39N3O4S/c1-22(2)21-34(39(36,37)25-17-15-23(3)16-18-25)24(20-32)10-8-9-19-33-31(35)38-30-28-13-6-4-11-26(28)27-12-5-7-14-29(27)30/h4-7,11-18,22,24,30H,8-10,19-21,32H2,1-3H3,(H,33,35)/t24-/m0/s1. The van der Waals surface area contributed by atoms with E-state index in [-0.39, 0.29) is 23.4 Å². The molecule has 0 spiro atoms. The molecule has 0 unspecified atom stereocenters. The highest BCUT2D eigenvalue weighted by molar-refractivity contribution is 7.89. The summed E-state index contributed by atoms with van der Waals surface area (Å²) in [7, 11) is -3.68. The van der Waals surface area contributed by atoms with Gasteiger partial charge >= 0.3 is 6.09 Å². The van der Waals surface area contributed by atoms with Gasteiger partial charge in [0.15, 0.2) is 6.10 Å². The van der Waals surface area contributed by atoms with E-state index in [0.717, 1.165) is 34.2 Å². The van der Waals surface area contributed by atoms with Gasteiger partial charge in [0, 0.05) is 36.8 Å². The summed E-state index contributed by atoms with van der Waals surface area (Å²) >= 11 is 0. The van der Waals surface area contributed by atoms with Crippen LogP contribution in [0.25, 0.3) is 11.1 Å². The third-order valence-corrected chi connectivity index (χ3v) is 9.02. The number of ether oxygens (including phenoxy) is 1. The largest absolute Gasteiger partial charge is 0.436 e. The van der Waals surface area contributed by atoms with Crippen molar-refractivity contribution in [1.29, 1.82) is 0 Å². The molecule has 208 valence electrons. The highest BCUT2D eigenvalue weighted by Crippen LogP contribution is 2.45. The molecule has 0 heterocycles. The van der Waals surface area contributed by atoms with Gasteiger partial charge in [-0.05, 0) is 48.9 Å². The first-order valence-electron chi connectivity index (χ1n) is 13.6. The number of fused-ring (bicyclic) bond motifs is 3. The zero-order valence-electron chi connectivity index (χ0n) is 23.0. The molecule has 0 fully saturated rings. The van der Waals surface area contributed by atoms with Gasteiger partial charge in [-0.1, -0.05) is 86.5 Å². The van der Waals surface area contributed by atoms with Crippen LogP contribution in [-0.2, 0) is 14.8 Å². The van der Waals surface area contributed by atoms with Crippen LogP contribution in [0, 0.1) is 12.8 Å². The molecule has 3 aromatic rings. The Labute approximate surface area is 232 Å². The molecular formula is C31H39N3O4S. The molecule has 3 N–H and O–H groups in total. The molecule has 0 aliphatic heterocycles. The number of nitrogens with zero attached hydrogens (tertiary/aromatic N) is 1. The highest BCUT2D eigenvalue weighted by atomic mass is 32.2. The molecule has 0 radical (unpaired) electrons. The summed E-state index contributed by atoms with van der Waals surface area (Å²) in [4.78, 5) is 13.0. The number of nitrogens with two attached hydrogens (primary N) is 1. The molecule has 4 rings (SSSR count). The Morgan fingerprint density at radius 1 is 0.949 bits per heavy atom. The third kappa shape index (κ3) is 6.69. The minimum absolute atomic E-state index is 0.154. The van der Waals surface area contributed by atoms with Gasteiger partial charge in [0.2, 0.25) is 10.0 Å². The van der Waals surface area contributed by atoms with Gasteiger partial charge in [-0.25, -0.2) is 13.2 Å². The third-order valence-electron chi connectivity index (χ3n) is 7.09. The molecular weight excluding hydrogens is 510 g/mol. The van der Waals surface area contributed by atoms with Crippen molar-refractivity contribution in [3.05, 3.63) is 89.5 Å². The fraction of sp³-hybridized carbons (Fsp3) is 0.387. The number of unbranched alkanes of at least 4 members (excludes halogenated alkanes) is 1. The molecule has 0 aromatic heterocycles. The van der Waals surface area contributed by atoms with Crippen LogP contribution in [0.2, 0.25) is 0 Å². The Hall–Kier alpha value is -3.20. The molecule has 0 saturated heterocycles. The number of carbonyl (C=O) groups excluding carboxylic acids is 1. The van der Waals surface area contributed by atoms with Crippen LogP contribution in [0.4, 0.5) is 4.79 Å². The normalized spacial score (nSPS) is 13.8. The highest BCUT2D eigenvalue weighted by Gasteiger charge is 2.32. The van der Waals surface area contributed by atoms with Gasteiger partial charge < -0.3 is 15.8 Å². The van der Waals surface area contributed by atoms with Crippen LogP contribution in [0.5, 0.6) is 0 Å². The SMILES string of the molecule is Cc1ccc(S(=O)(=O)N(CC(C)C)[C@H](CN)CCCCNC(=O)OC2c3ccccc3-c3ccccc32)cc1. The zero-order chi connectivity index (χ0) is 28.0. The second kappa shape index (κ2) is 12.8. The average Bonchev–Trinajstić information content (AvgIpc) is 3.23. The van der Waals surface area contributed by atoms with Gasteiger partial charge in [0.25, 0.3) is 0 Å². The second-order valence-electron chi connectivity index (χ2n) is 10.6. The van der Waals surface area contributed by atoms with Crippen molar-refractivity contribution in [2.75, 3.05) is 19.6 Å². The van der Waals surface area contributed by atoms with Gasteiger partial charge in [-0.2, -0.15) is 4.31 Å². The van der Waals surface area contributed by atoms with Crippen LogP contribution in [0.1, 0.15) is 55.9 Å². The Morgan fingerprint density at radius 2 is 1.54 bits per heavy atom. The lowest BCUT2D eigenvalue weighted by molar-refractivity contribution is 0.118. The summed E-state index contributed by atoms with van der Waals surface area (Å²) in [6.07, 6.45) is 1.11. The Kier molecular flexibility index (Phi) is 9.43. The summed E-state index contributed by atoms with van der Waals surface area (Å²) in [5.74, 6) is 0.154. The monoisotopic (exact) mass is 549 g/mol. The van der Waals surface area contributed by atoms with Crippen molar-refractivity contribution in [3.8, 4) is 11.1 Å². The molecule has 0 saturated carbocycles. The predicted octanol–water partition coefficient (Wildman–Crippen LogP) is 5.64. The van der Waals surface area contributed by atoms with E-state index in [1.54, 1.807) is 16.4 Å². The van der Waals surface area contributed by atoms with Crippen molar-refractivity contribution >= 4 is 16.1 Å². The maximum absolute atomic E-state index is 13.5. The topological polar surface area (TPSA) is 102 Å². The lowest BCUT2D eigenvalue weighted by Gasteiger charge is -2.31. The molecule has 8 heteroatoms. The number of hydrogen-bond acceptors (Lipinski definition) is 5. The minimum atomic E-state index is -3.68. The molecule has 1 amide bonds. The Bertz CT molecular complexity index is 1330. The van der Waals surface area contributed by atoms with E-state index in [0.29, 0.717) is 25.9 Å². The quantitative estimate of drug-likeness (QED) is 0.285. The summed E-state index contributed by atoms with van der Waals surface area (Å²) < 4.78 is 34.4. The smallest absolute Gasteiger partial charge is 0.408 e. The predicted molar refractivity (Wildman–Crippen MR) is 155 cm³/mol. The van der Waals surface area contributed by atoms with Crippen molar-refractivity contribution in [2.24, 2.45) is 11.7 Å². The molecule has 7 nitrogen and oxygen atoms in total. The molecule has 3 aromatic carbocycles.